The number of amides is 2. The van der Waals surface area contributed by atoms with Gasteiger partial charge in [-0.2, -0.15) is 23.4 Å². The number of aliphatic hydroxyl groups is 4. The Balaban J connectivity index is 0.862. The molecule has 8 aromatic rings. The molecule has 24 nitrogen and oxygen atoms in total. The molecule has 6 heterocycles. The summed E-state index contributed by atoms with van der Waals surface area (Å²) in [5.74, 6) is -6.13. The fourth-order valence-electron chi connectivity index (χ4n) is 10.4. The number of alkyl halides is 3. The standard InChI is InChI=1S/C55H51Cl4F7N14O10/c1-23-5-6-28(56)15-37(23)79-53(69-24(2)73-79)51-49(45(47(85)39(19-81)89-51)77-17-35(71-75-77)26-11-31(60)43(58)32(61)12-26)87-21-41(83)67-9-4-10-68-42(84)22-88-50-46(78-18-36(72-76-78)27-13-33(62)44(59)34(63)14-27)48(86)40(20-82)90-52(50)54-70-25(3)74-80(54)38-16-29(57)7-8-30(38)55(64,65)66/h5-8,11-18,39-40,45-52,81-82,85-86H,4,9-10,19-22H2,1-3H3,(H,67,83)(H,68,84). The molecule has 4 aromatic carbocycles. The molecule has 0 spiro atoms. The van der Waals surface area contributed by atoms with Crippen LogP contribution in [0.25, 0.3) is 33.9 Å². The molecule has 35 heteroatoms. The number of halogens is 11. The smallest absolute Gasteiger partial charge is 0.394 e. The molecule has 6 N–H and O–H groups in total. The van der Waals surface area contributed by atoms with Crippen LogP contribution in [0.3, 0.4) is 0 Å². The number of aromatic nitrogens is 12. The molecular formula is C55H51Cl4F7N14O10. The van der Waals surface area contributed by atoms with Gasteiger partial charge in [0.1, 0.15) is 130 Å². The molecule has 2 saturated heterocycles. The molecule has 10 atom stereocenters. The van der Waals surface area contributed by atoms with Crippen molar-refractivity contribution in [2.75, 3.05) is 39.5 Å². The number of ether oxygens (including phenoxy) is 4. The van der Waals surface area contributed by atoms with Gasteiger partial charge < -0.3 is 50.0 Å². The van der Waals surface area contributed by atoms with Gasteiger partial charge in [-0.25, -0.2) is 46.3 Å². The average molecular weight is 1340 g/mol. The maximum Gasteiger partial charge on any atom is 0.418 e. The Hall–Kier alpha value is -7.27. The Morgan fingerprint density at radius 2 is 1.03 bits per heavy atom. The van der Waals surface area contributed by atoms with Gasteiger partial charge in [0.05, 0.1) is 42.5 Å². The van der Waals surface area contributed by atoms with Gasteiger partial charge in [0.25, 0.3) is 0 Å². The number of rotatable bonds is 20. The summed E-state index contributed by atoms with van der Waals surface area (Å²) in [4.78, 5) is 36.3. The second kappa shape index (κ2) is 27.3. The summed E-state index contributed by atoms with van der Waals surface area (Å²) in [6.45, 7) is 1.28. The molecule has 478 valence electrons. The largest absolute Gasteiger partial charge is 0.418 e. The van der Waals surface area contributed by atoms with Gasteiger partial charge in [-0.1, -0.05) is 62.9 Å². The predicted octanol–water partition coefficient (Wildman–Crippen LogP) is 6.64. The molecule has 90 heavy (non-hydrogen) atoms. The first kappa shape index (κ1) is 65.7. The van der Waals surface area contributed by atoms with Crippen molar-refractivity contribution in [2.24, 2.45) is 0 Å². The normalized spacial score (nSPS) is 22.1. The van der Waals surface area contributed by atoms with E-state index in [1.165, 1.54) is 17.8 Å². The van der Waals surface area contributed by atoms with E-state index in [1.807, 2.05) is 0 Å². The summed E-state index contributed by atoms with van der Waals surface area (Å²) in [6.07, 6.45) is -15.0. The highest BCUT2D eigenvalue weighted by atomic mass is 35.5. The number of carbonyl (C=O) groups excluding carboxylic acids is 2. The first-order valence-electron chi connectivity index (χ1n) is 27.1. The minimum absolute atomic E-state index is 0.0625. The minimum Gasteiger partial charge on any atom is -0.394 e. The second-order valence-corrected chi connectivity index (χ2v) is 22.4. The van der Waals surface area contributed by atoms with Crippen LogP contribution in [-0.4, -0.2) is 168 Å². The third-order valence-electron chi connectivity index (χ3n) is 14.6. The lowest BCUT2D eigenvalue weighted by Gasteiger charge is -2.43. The van der Waals surface area contributed by atoms with E-state index in [2.05, 4.69) is 51.4 Å². The van der Waals surface area contributed by atoms with Crippen LogP contribution in [0, 0.1) is 44.0 Å². The Bertz CT molecular complexity index is 3910. The van der Waals surface area contributed by atoms with Crippen LogP contribution >= 0.6 is 46.4 Å². The first-order chi connectivity index (χ1) is 42.8. The number of benzene rings is 4. The molecule has 2 amide bonds. The number of aliphatic hydroxyl groups excluding tert-OH is 4. The van der Waals surface area contributed by atoms with E-state index in [0.29, 0.717) is 16.3 Å². The third-order valence-corrected chi connectivity index (χ3v) is 15.8. The summed E-state index contributed by atoms with van der Waals surface area (Å²) in [5.41, 5.74) is -1.10. The number of aryl methyl sites for hydroxylation is 3. The van der Waals surface area contributed by atoms with E-state index in [1.54, 1.807) is 32.0 Å². The quantitative estimate of drug-likeness (QED) is 0.0265. The molecule has 0 radical (unpaired) electrons. The maximum absolute atomic E-state index is 14.6. The highest BCUT2D eigenvalue weighted by Gasteiger charge is 2.52. The molecule has 0 bridgehead atoms. The van der Waals surface area contributed by atoms with Gasteiger partial charge in [0, 0.05) is 34.3 Å². The van der Waals surface area contributed by atoms with Gasteiger partial charge >= 0.3 is 6.18 Å². The van der Waals surface area contributed by atoms with Gasteiger partial charge in [-0.3, -0.25) is 9.59 Å². The Labute approximate surface area is 524 Å². The minimum atomic E-state index is -4.96. The van der Waals surface area contributed by atoms with Crippen LogP contribution in [0.4, 0.5) is 30.7 Å². The van der Waals surface area contributed by atoms with Crippen molar-refractivity contribution in [3.05, 3.63) is 151 Å². The predicted molar refractivity (Wildman–Crippen MR) is 302 cm³/mol. The van der Waals surface area contributed by atoms with Crippen LogP contribution in [0.5, 0.6) is 0 Å². The van der Waals surface area contributed by atoms with Crippen molar-refractivity contribution >= 4 is 58.2 Å². The van der Waals surface area contributed by atoms with Crippen molar-refractivity contribution in [3.63, 3.8) is 0 Å². The highest BCUT2D eigenvalue weighted by Crippen LogP contribution is 2.44. The number of carbonyl (C=O) groups is 2. The summed E-state index contributed by atoms with van der Waals surface area (Å²) >= 11 is 24.1. The molecule has 2 aliphatic heterocycles. The van der Waals surface area contributed by atoms with Crippen molar-refractivity contribution in [3.8, 4) is 33.9 Å². The molecule has 10 rings (SSSR count). The van der Waals surface area contributed by atoms with E-state index in [9.17, 15) is 60.7 Å². The van der Waals surface area contributed by atoms with Gasteiger partial charge in [-0.05, 0) is 87.4 Å². The van der Waals surface area contributed by atoms with Crippen LogP contribution in [0.15, 0.2) is 73.1 Å². The summed E-state index contributed by atoms with van der Waals surface area (Å²) in [6, 6.07) is 8.38. The molecule has 2 fully saturated rings. The van der Waals surface area contributed by atoms with Crippen molar-refractivity contribution in [1.29, 1.82) is 0 Å². The zero-order valence-electron chi connectivity index (χ0n) is 46.9. The molecular weight excluding hydrogens is 1290 g/mol. The number of nitrogens with one attached hydrogen (secondary N) is 2. The summed E-state index contributed by atoms with van der Waals surface area (Å²) in [7, 11) is 0. The molecule has 10 unspecified atom stereocenters. The van der Waals surface area contributed by atoms with E-state index in [0.717, 1.165) is 62.7 Å². The topological polar surface area (TPSA) is 299 Å². The second-order valence-electron chi connectivity index (χ2n) is 20.7. The van der Waals surface area contributed by atoms with E-state index in [-0.39, 0.29) is 70.3 Å². The molecule has 0 saturated carbocycles. The summed E-state index contributed by atoms with van der Waals surface area (Å²) in [5, 5.41) is 73.7. The number of hydrogen-bond acceptors (Lipinski definition) is 18. The zero-order valence-corrected chi connectivity index (χ0v) is 49.9. The van der Waals surface area contributed by atoms with Crippen molar-refractivity contribution < 1.29 is 79.7 Å². The SMILES string of the molecule is Cc1nc(C2OC(CO)C(O)C(n3cc(-c4cc(F)c(Cl)c(F)c4)nn3)C2OCC(=O)NCCCNC(=O)COC2C(c3nc(C)nn3-c3cc(Cl)ccc3C(F)(F)F)OC(CO)C(O)C2n2cc(-c3cc(F)c(Cl)c(F)c3)nn2)n(-c2cc(Cl)ccc2C)n1. The lowest BCUT2D eigenvalue weighted by molar-refractivity contribution is -0.223. The third kappa shape index (κ3) is 13.8. The molecule has 0 aliphatic carbocycles. The van der Waals surface area contributed by atoms with Crippen LogP contribution in [0.1, 0.15) is 65.1 Å². The zero-order chi connectivity index (χ0) is 64.6. The van der Waals surface area contributed by atoms with Crippen LogP contribution in [0.2, 0.25) is 20.1 Å². The van der Waals surface area contributed by atoms with Crippen molar-refractivity contribution in [2.45, 2.75) is 94.3 Å². The lowest BCUT2D eigenvalue weighted by Crippen LogP contribution is -2.54. The Morgan fingerprint density at radius 3 is 1.46 bits per heavy atom. The maximum atomic E-state index is 14.6. The summed E-state index contributed by atoms with van der Waals surface area (Å²) < 4.78 is 132. The van der Waals surface area contributed by atoms with Crippen molar-refractivity contribution in [1.82, 2.24) is 70.2 Å². The van der Waals surface area contributed by atoms with Crippen LogP contribution < -0.4 is 10.6 Å². The van der Waals surface area contributed by atoms with E-state index >= 15 is 0 Å². The number of hydrogen-bond donors (Lipinski definition) is 6. The van der Waals surface area contributed by atoms with Gasteiger partial charge in [-0.15, -0.1) is 10.2 Å². The monoisotopic (exact) mass is 1340 g/mol. The van der Waals surface area contributed by atoms with Gasteiger partial charge in [0.2, 0.25) is 11.8 Å². The number of nitrogens with zero attached hydrogens (tertiary/aromatic N) is 12. The van der Waals surface area contributed by atoms with E-state index < -0.39 is 150 Å². The average Bonchev–Trinajstić information content (AvgIpc) is 1.45. The molecule has 2 aliphatic rings. The Morgan fingerprint density at radius 1 is 0.622 bits per heavy atom. The fraction of sp³-hybridized carbons (Fsp3) is 0.382. The molecule has 4 aromatic heterocycles. The first-order valence-corrected chi connectivity index (χ1v) is 28.6. The lowest BCUT2D eigenvalue weighted by atomic mass is 9.91. The van der Waals surface area contributed by atoms with Gasteiger partial charge in [0.15, 0.2) is 11.6 Å². The Kier molecular flexibility index (Phi) is 19.9. The van der Waals surface area contributed by atoms with Crippen LogP contribution in [-0.2, 0) is 34.7 Å². The highest BCUT2D eigenvalue weighted by molar-refractivity contribution is 6.31. The van der Waals surface area contributed by atoms with E-state index in [4.69, 9.17) is 65.4 Å². The fourth-order valence-corrected chi connectivity index (χ4v) is 11.0.